The Morgan fingerprint density at radius 3 is 3.06 bits per heavy atom. The molecule has 0 radical (unpaired) electrons. The van der Waals surface area contributed by atoms with Gasteiger partial charge in [-0.1, -0.05) is 12.2 Å². The van der Waals surface area contributed by atoms with Crippen molar-refractivity contribution in [1.82, 2.24) is 9.97 Å². The van der Waals surface area contributed by atoms with Crippen LogP contribution in [0.3, 0.4) is 0 Å². The van der Waals surface area contributed by atoms with Gasteiger partial charge in [0.2, 0.25) is 5.95 Å². The molecule has 2 heterocycles. The Kier molecular flexibility index (Phi) is 3.93. The monoisotopic (exact) mass is 267 g/mol. The van der Waals surface area contributed by atoms with E-state index < -0.39 is 0 Å². The molecule has 1 aliphatic rings. The van der Waals surface area contributed by atoms with Gasteiger partial charge in [-0.3, -0.25) is 0 Å². The summed E-state index contributed by atoms with van der Waals surface area (Å²) in [6.07, 6.45) is 1.55. The molecule has 0 aliphatic carbocycles. The molecular formula is C11H17N5OS. The average molecular weight is 267 g/mol. The first-order valence-corrected chi connectivity index (χ1v) is 6.15. The molecule has 1 aromatic heterocycles. The lowest BCUT2D eigenvalue weighted by Gasteiger charge is -2.33. The molecule has 1 aliphatic heterocycles. The lowest BCUT2D eigenvalue weighted by molar-refractivity contribution is 0.0844. The number of morpholine rings is 1. The SMILES string of the molecule is CN(C)c1nccc(N2CCOC(C(N)=S)C2)n1. The van der Waals surface area contributed by atoms with E-state index in [1.807, 2.05) is 25.1 Å². The summed E-state index contributed by atoms with van der Waals surface area (Å²) < 4.78 is 5.51. The molecule has 0 amide bonds. The number of thiocarbonyl (C=S) groups is 1. The topological polar surface area (TPSA) is 67.5 Å². The minimum atomic E-state index is -0.202. The Morgan fingerprint density at radius 2 is 2.39 bits per heavy atom. The maximum Gasteiger partial charge on any atom is 0.226 e. The van der Waals surface area contributed by atoms with E-state index in [1.54, 1.807) is 6.20 Å². The minimum absolute atomic E-state index is 0.202. The summed E-state index contributed by atoms with van der Waals surface area (Å²) in [5.74, 6) is 1.56. The van der Waals surface area contributed by atoms with Crippen LogP contribution in [0.4, 0.5) is 11.8 Å². The lowest BCUT2D eigenvalue weighted by atomic mass is 10.2. The number of nitrogens with two attached hydrogens (primary N) is 1. The summed E-state index contributed by atoms with van der Waals surface area (Å²) in [4.78, 5) is 13.1. The lowest BCUT2D eigenvalue weighted by Crippen LogP contribution is -2.48. The third-order valence-corrected chi connectivity index (χ3v) is 3.00. The number of nitrogens with zero attached hydrogens (tertiary/aromatic N) is 4. The van der Waals surface area contributed by atoms with Crippen molar-refractivity contribution in [3.63, 3.8) is 0 Å². The first-order chi connectivity index (χ1) is 8.58. The van der Waals surface area contributed by atoms with Crippen LogP contribution in [0.1, 0.15) is 0 Å². The van der Waals surface area contributed by atoms with E-state index in [9.17, 15) is 0 Å². The van der Waals surface area contributed by atoms with Gasteiger partial charge in [0.25, 0.3) is 0 Å². The van der Waals surface area contributed by atoms with Gasteiger partial charge in [0, 0.05) is 26.8 Å². The van der Waals surface area contributed by atoms with Gasteiger partial charge in [0.1, 0.15) is 16.9 Å². The second-order valence-corrected chi connectivity index (χ2v) is 4.79. The molecule has 2 rings (SSSR count). The molecule has 1 atom stereocenters. The Hall–Kier alpha value is -1.47. The van der Waals surface area contributed by atoms with E-state index in [4.69, 9.17) is 22.7 Å². The van der Waals surface area contributed by atoms with Gasteiger partial charge in [0.15, 0.2) is 0 Å². The summed E-state index contributed by atoms with van der Waals surface area (Å²) in [6.45, 7) is 2.02. The standard InChI is InChI=1S/C11H17N5OS/c1-15(2)11-13-4-3-9(14-11)16-5-6-17-8(7-16)10(12)18/h3-4,8H,5-7H2,1-2H3,(H2,12,18). The highest BCUT2D eigenvalue weighted by Gasteiger charge is 2.23. The molecule has 0 bridgehead atoms. The third-order valence-electron chi connectivity index (χ3n) is 2.74. The van der Waals surface area contributed by atoms with Crippen LogP contribution in [0.5, 0.6) is 0 Å². The highest BCUT2D eigenvalue weighted by Crippen LogP contribution is 2.17. The van der Waals surface area contributed by atoms with Crippen LogP contribution < -0.4 is 15.5 Å². The Balaban J connectivity index is 2.15. The minimum Gasteiger partial charge on any atom is -0.391 e. The molecule has 6 nitrogen and oxygen atoms in total. The number of anilines is 2. The third kappa shape index (κ3) is 2.85. The number of hydrogen-bond acceptors (Lipinski definition) is 6. The van der Waals surface area contributed by atoms with E-state index in [2.05, 4.69) is 14.9 Å². The van der Waals surface area contributed by atoms with Crippen molar-refractivity contribution in [2.24, 2.45) is 5.73 Å². The van der Waals surface area contributed by atoms with Gasteiger partial charge in [-0.05, 0) is 6.07 Å². The summed E-state index contributed by atoms with van der Waals surface area (Å²) >= 11 is 4.97. The number of rotatable bonds is 3. The van der Waals surface area contributed by atoms with Crippen molar-refractivity contribution in [2.45, 2.75) is 6.10 Å². The number of ether oxygens (including phenoxy) is 1. The fourth-order valence-corrected chi connectivity index (χ4v) is 1.90. The van der Waals surface area contributed by atoms with Crippen LogP contribution in [-0.2, 0) is 4.74 Å². The van der Waals surface area contributed by atoms with Crippen LogP contribution in [0, 0.1) is 0 Å². The van der Waals surface area contributed by atoms with E-state index >= 15 is 0 Å². The first kappa shape index (κ1) is 13.0. The molecule has 0 aromatic carbocycles. The Labute approximate surface area is 112 Å². The summed E-state index contributed by atoms with van der Waals surface area (Å²) in [5, 5.41) is 0. The van der Waals surface area contributed by atoms with Crippen molar-refractivity contribution >= 4 is 29.0 Å². The van der Waals surface area contributed by atoms with E-state index in [-0.39, 0.29) is 6.10 Å². The molecule has 0 saturated carbocycles. The van der Waals surface area contributed by atoms with Crippen LogP contribution in [0.15, 0.2) is 12.3 Å². The van der Waals surface area contributed by atoms with Crippen LogP contribution >= 0.6 is 12.2 Å². The second-order valence-electron chi connectivity index (χ2n) is 4.32. The highest BCUT2D eigenvalue weighted by molar-refractivity contribution is 7.80. The van der Waals surface area contributed by atoms with Gasteiger partial charge in [0.05, 0.1) is 13.2 Å². The average Bonchev–Trinajstić information content (AvgIpc) is 2.39. The van der Waals surface area contributed by atoms with Crippen molar-refractivity contribution in [2.75, 3.05) is 43.6 Å². The highest BCUT2D eigenvalue weighted by atomic mass is 32.1. The number of aromatic nitrogens is 2. The Bertz CT molecular complexity index is 439. The molecule has 1 unspecified atom stereocenters. The van der Waals surface area contributed by atoms with Crippen LogP contribution in [0.2, 0.25) is 0 Å². The van der Waals surface area contributed by atoms with Gasteiger partial charge >= 0.3 is 0 Å². The molecule has 18 heavy (non-hydrogen) atoms. The summed E-state index contributed by atoms with van der Waals surface area (Å²) in [5.41, 5.74) is 5.62. The predicted octanol–water partition coefficient (Wildman–Crippen LogP) is 0.0339. The molecule has 1 saturated heterocycles. The molecule has 0 spiro atoms. The smallest absolute Gasteiger partial charge is 0.226 e. The summed E-state index contributed by atoms with van der Waals surface area (Å²) in [6, 6.07) is 1.88. The van der Waals surface area contributed by atoms with Crippen molar-refractivity contribution in [3.8, 4) is 0 Å². The van der Waals surface area contributed by atoms with Gasteiger partial charge in [-0.15, -0.1) is 0 Å². The predicted molar refractivity (Wildman–Crippen MR) is 75.1 cm³/mol. The first-order valence-electron chi connectivity index (χ1n) is 5.74. The van der Waals surface area contributed by atoms with Gasteiger partial charge < -0.3 is 20.3 Å². The molecule has 98 valence electrons. The summed E-state index contributed by atoms with van der Waals surface area (Å²) in [7, 11) is 3.83. The zero-order valence-electron chi connectivity index (χ0n) is 10.5. The van der Waals surface area contributed by atoms with E-state index in [0.717, 1.165) is 12.4 Å². The molecular weight excluding hydrogens is 250 g/mol. The zero-order chi connectivity index (χ0) is 13.1. The maximum absolute atomic E-state index is 5.62. The molecule has 1 fully saturated rings. The van der Waals surface area contributed by atoms with E-state index in [1.165, 1.54) is 0 Å². The van der Waals surface area contributed by atoms with Gasteiger partial charge in [-0.2, -0.15) is 4.98 Å². The molecule has 2 N–H and O–H groups in total. The number of hydrogen-bond donors (Lipinski definition) is 1. The van der Waals surface area contributed by atoms with Crippen molar-refractivity contribution in [3.05, 3.63) is 12.3 Å². The molecule has 7 heteroatoms. The van der Waals surface area contributed by atoms with Crippen LogP contribution in [0.25, 0.3) is 0 Å². The fraction of sp³-hybridized carbons (Fsp3) is 0.545. The van der Waals surface area contributed by atoms with E-state index in [0.29, 0.717) is 24.1 Å². The normalized spacial score (nSPS) is 19.7. The largest absolute Gasteiger partial charge is 0.391 e. The zero-order valence-corrected chi connectivity index (χ0v) is 11.4. The molecule has 1 aromatic rings. The maximum atomic E-state index is 5.62. The van der Waals surface area contributed by atoms with Crippen molar-refractivity contribution in [1.29, 1.82) is 0 Å². The fourth-order valence-electron chi connectivity index (χ4n) is 1.76. The Morgan fingerprint density at radius 1 is 1.61 bits per heavy atom. The quantitative estimate of drug-likeness (QED) is 0.775. The van der Waals surface area contributed by atoms with Crippen molar-refractivity contribution < 1.29 is 4.74 Å². The second kappa shape index (κ2) is 5.45. The van der Waals surface area contributed by atoms with Gasteiger partial charge in [-0.25, -0.2) is 4.98 Å². The van der Waals surface area contributed by atoms with Crippen LogP contribution in [-0.4, -0.2) is 54.9 Å².